The molecule has 0 aliphatic heterocycles. The number of hydrogen-bond donors (Lipinski definition) is 4. The Hall–Kier alpha value is -4.41. The van der Waals surface area contributed by atoms with Crippen molar-refractivity contribution in [1.29, 1.82) is 0 Å². The van der Waals surface area contributed by atoms with Crippen LogP contribution in [-0.4, -0.2) is 59.2 Å². The van der Waals surface area contributed by atoms with Crippen LogP contribution in [0.2, 0.25) is 0 Å². The van der Waals surface area contributed by atoms with Gasteiger partial charge in [-0.15, -0.1) is 0 Å². The molecule has 2 aromatic rings. The molecule has 4 N–H and O–H groups in total. The van der Waals surface area contributed by atoms with Crippen molar-refractivity contribution >= 4 is 29.8 Å². The molecule has 2 rings (SSSR count). The molecule has 0 bridgehead atoms. The fourth-order valence-corrected chi connectivity index (χ4v) is 3.29. The van der Waals surface area contributed by atoms with Gasteiger partial charge >= 0.3 is 18.0 Å². The Morgan fingerprint density at radius 1 is 0.872 bits per heavy atom. The number of carboxylic acid groups (broad SMARTS) is 1. The minimum Gasteiger partial charge on any atom is -0.478 e. The van der Waals surface area contributed by atoms with Crippen molar-refractivity contribution in [2.75, 3.05) is 6.54 Å². The molecular weight excluding hydrogens is 506 g/mol. The van der Waals surface area contributed by atoms with E-state index in [0.29, 0.717) is 6.42 Å². The summed E-state index contributed by atoms with van der Waals surface area (Å²) in [6.45, 7) is 6.63. The number of nitrogens with one attached hydrogen (secondary N) is 3. The highest BCUT2D eigenvalue weighted by Gasteiger charge is 2.28. The predicted molar refractivity (Wildman–Crippen MR) is 142 cm³/mol. The highest BCUT2D eigenvalue weighted by Crippen LogP contribution is 2.08. The van der Waals surface area contributed by atoms with Crippen LogP contribution in [0, 0.1) is 0 Å². The number of carboxylic acids is 1. The molecule has 3 amide bonds. The maximum atomic E-state index is 12.9. The van der Waals surface area contributed by atoms with E-state index >= 15 is 0 Å². The normalized spacial score (nSPS) is 12.4. The van der Waals surface area contributed by atoms with Crippen molar-refractivity contribution in [2.24, 2.45) is 0 Å². The quantitative estimate of drug-likeness (QED) is 0.298. The first-order valence-corrected chi connectivity index (χ1v) is 12.4. The SMILES string of the molecule is C[C@H](NC(=O)OC(C)(C)C)C(=O)N[C@@H](CC(=O)OCc1ccccc1)C(=O)NCCc1ccc(C(=O)O)cc1. The third-order valence-corrected chi connectivity index (χ3v) is 5.29. The molecule has 0 fully saturated rings. The second-order valence-electron chi connectivity index (χ2n) is 9.82. The van der Waals surface area contributed by atoms with E-state index in [4.69, 9.17) is 14.6 Å². The Bertz CT molecular complexity index is 1140. The van der Waals surface area contributed by atoms with Crippen LogP contribution >= 0.6 is 0 Å². The summed E-state index contributed by atoms with van der Waals surface area (Å²) in [6.07, 6.45) is -0.847. The standard InChI is InChI=1S/C28H35N3O8/c1-18(30-27(37)39-28(2,3)4)24(33)31-22(16-23(32)38-17-20-8-6-5-7-9-20)25(34)29-15-14-19-10-12-21(13-11-19)26(35)36/h5-13,18,22H,14-17H2,1-4H3,(H,29,34)(H,30,37)(H,31,33)(H,35,36)/t18-,22-/m0/s1. The van der Waals surface area contributed by atoms with Gasteiger partial charge in [-0.3, -0.25) is 14.4 Å². The van der Waals surface area contributed by atoms with Crippen LogP contribution < -0.4 is 16.0 Å². The number of rotatable bonds is 12. The summed E-state index contributed by atoms with van der Waals surface area (Å²) < 4.78 is 10.4. The van der Waals surface area contributed by atoms with Gasteiger partial charge in [0.2, 0.25) is 11.8 Å². The van der Waals surface area contributed by atoms with Crippen LogP contribution in [0.1, 0.15) is 55.6 Å². The monoisotopic (exact) mass is 541 g/mol. The second kappa shape index (κ2) is 14.5. The van der Waals surface area contributed by atoms with Gasteiger partial charge in [0, 0.05) is 6.54 Å². The second-order valence-corrected chi connectivity index (χ2v) is 9.82. The van der Waals surface area contributed by atoms with Crippen LogP contribution in [-0.2, 0) is 36.9 Å². The first kappa shape index (κ1) is 30.8. The molecule has 210 valence electrons. The van der Waals surface area contributed by atoms with Crippen molar-refractivity contribution in [3.63, 3.8) is 0 Å². The molecule has 0 spiro atoms. The molecule has 39 heavy (non-hydrogen) atoms. The van der Waals surface area contributed by atoms with Gasteiger partial charge < -0.3 is 30.5 Å². The average Bonchev–Trinajstić information content (AvgIpc) is 2.86. The molecular formula is C28H35N3O8. The Morgan fingerprint density at radius 2 is 1.51 bits per heavy atom. The zero-order valence-electron chi connectivity index (χ0n) is 22.5. The van der Waals surface area contributed by atoms with E-state index in [-0.39, 0.29) is 18.7 Å². The van der Waals surface area contributed by atoms with Crippen molar-refractivity contribution in [3.05, 3.63) is 71.3 Å². The maximum absolute atomic E-state index is 12.9. The highest BCUT2D eigenvalue weighted by molar-refractivity contribution is 5.93. The Balaban J connectivity index is 2.00. The average molecular weight is 542 g/mol. The zero-order valence-corrected chi connectivity index (χ0v) is 22.5. The van der Waals surface area contributed by atoms with E-state index in [9.17, 15) is 24.0 Å². The van der Waals surface area contributed by atoms with E-state index in [2.05, 4.69) is 16.0 Å². The number of benzene rings is 2. The molecule has 2 aromatic carbocycles. The fraction of sp³-hybridized carbons (Fsp3) is 0.393. The molecule has 0 aliphatic rings. The number of carbonyl (C=O) groups is 5. The van der Waals surface area contributed by atoms with Gasteiger partial charge in [-0.25, -0.2) is 9.59 Å². The van der Waals surface area contributed by atoms with Crippen molar-refractivity contribution in [1.82, 2.24) is 16.0 Å². The smallest absolute Gasteiger partial charge is 0.408 e. The lowest BCUT2D eigenvalue weighted by atomic mass is 10.1. The van der Waals surface area contributed by atoms with Gasteiger partial charge in [-0.1, -0.05) is 42.5 Å². The van der Waals surface area contributed by atoms with Gasteiger partial charge in [0.05, 0.1) is 12.0 Å². The summed E-state index contributed by atoms with van der Waals surface area (Å²) in [6, 6.07) is 12.9. The van der Waals surface area contributed by atoms with Crippen LogP contribution in [0.5, 0.6) is 0 Å². The Morgan fingerprint density at radius 3 is 2.10 bits per heavy atom. The number of carbonyl (C=O) groups excluding carboxylic acids is 4. The summed E-state index contributed by atoms with van der Waals surface area (Å²) in [4.78, 5) is 61.2. The molecule has 11 heteroatoms. The molecule has 0 saturated heterocycles. The topological polar surface area (TPSA) is 160 Å². The fourth-order valence-electron chi connectivity index (χ4n) is 3.29. The van der Waals surface area contributed by atoms with Crippen molar-refractivity contribution < 1.29 is 38.6 Å². The third-order valence-electron chi connectivity index (χ3n) is 5.29. The third kappa shape index (κ3) is 11.7. The lowest BCUT2D eigenvalue weighted by Crippen LogP contribution is -2.54. The maximum Gasteiger partial charge on any atom is 0.408 e. The van der Waals surface area contributed by atoms with E-state index < -0.39 is 54.0 Å². The van der Waals surface area contributed by atoms with E-state index in [1.54, 1.807) is 57.2 Å². The number of esters is 1. The van der Waals surface area contributed by atoms with E-state index in [1.807, 2.05) is 6.07 Å². The van der Waals surface area contributed by atoms with Crippen LogP contribution in [0.3, 0.4) is 0 Å². The Kier molecular flexibility index (Phi) is 11.5. The minimum atomic E-state index is -1.27. The van der Waals surface area contributed by atoms with Gasteiger partial charge in [0.1, 0.15) is 24.3 Å². The van der Waals surface area contributed by atoms with Gasteiger partial charge in [-0.2, -0.15) is 0 Å². The predicted octanol–water partition coefficient (Wildman–Crippen LogP) is 2.58. The minimum absolute atomic E-state index is 0.00486. The largest absolute Gasteiger partial charge is 0.478 e. The number of alkyl carbamates (subject to hydrolysis) is 1. The van der Waals surface area contributed by atoms with Crippen LogP contribution in [0.4, 0.5) is 4.79 Å². The number of ether oxygens (including phenoxy) is 2. The summed E-state index contributed by atoms with van der Waals surface area (Å²) in [5.74, 6) is -3.05. The molecule has 0 aromatic heterocycles. The van der Waals surface area contributed by atoms with E-state index in [1.165, 1.54) is 19.1 Å². The van der Waals surface area contributed by atoms with Gasteiger partial charge in [0.25, 0.3) is 0 Å². The molecule has 0 aliphatic carbocycles. The summed E-state index contributed by atoms with van der Waals surface area (Å²) in [7, 11) is 0. The van der Waals surface area contributed by atoms with Gasteiger partial charge in [0.15, 0.2) is 0 Å². The number of amides is 3. The summed E-state index contributed by atoms with van der Waals surface area (Å²) in [5.41, 5.74) is 0.936. The lowest BCUT2D eigenvalue weighted by Gasteiger charge is -2.23. The first-order valence-electron chi connectivity index (χ1n) is 12.4. The Labute approximate surface area is 227 Å². The molecule has 11 nitrogen and oxygen atoms in total. The zero-order chi connectivity index (χ0) is 29.0. The first-order chi connectivity index (χ1) is 18.3. The van der Waals surface area contributed by atoms with Crippen LogP contribution in [0.25, 0.3) is 0 Å². The lowest BCUT2D eigenvalue weighted by molar-refractivity contribution is -0.147. The summed E-state index contributed by atoms with van der Waals surface area (Å²) in [5, 5.41) is 16.6. The van der Waals surface area contributed by atoms with Gasteiger partial charge in [-0.05, 0) is 57.4 Å². The molecule has 0 heterocycles. The van der Waals surface area contributed by atoms with Crippen LogP contribution in [0.15, 0.2) is 54.6 Å². The number of hydrogen-bond acceptors (Lipinski definition) is 7. The summed E-state index contributed by atoms with van der Waals surface area (Å²) >= 11 is 0. The molecule has 0 unspecified atom stereocenters. The highest BCUT2D eigenvalue weighted by atomic mass is 16.6. The molecule has 2 atom stereocenters. The van der Waals surface area contributed by atoms with E-state index in [0.717, 1.165) is 11.1 Å². The van der Waals surface area contributed by atoms with Crippen molar-refractivity contribution in [3.8, 4) is 0 Å². The molecule has 0 saturated carbocycles. The number of aromatic carboxylic acids is 1. The van der Waals surface area contributed by atoms with Crippen molar-refractivity contribution in [2.45, 2.75) is 64.8 Å². The molecule has 0 radical (unpaired) electrons.